The number of hydrogen-bond acceptors (Lipinski definition) is 2. The number of likely N-dealkylation sites (tertiary alicyclic amines) is 1. The minimum absolute atomic E-state index is 0.175. The largest absolute Gasteiger partial charge is 0.368 e. The Balaban J connectivity index is 1.71. The lowest BCUT2D eigenvalue weighted by Gasteiger charge is -2.26. The van der Waals surface area contributed by atoms with Crippen LogP contribution in [0.15, 0.2) is 48.5 Å². The van der Waals surface area contributed by atoms with Gasteiger partial charge >= 0.3 is 0 Å². The van der Waals surface area contributed by atoms with E-state index in [4.69, 9.17) is 5.73 Å². The Kier molecular flexibility index (Phi) is 4.23. The molecule has 2 aromatic carbocycles. The number of halogens is 1. The van der Waals surface area contributed by atoms with Crippen molar-refractivity contribution in [2.24, 2.45) is 17.6 Å². The summed E-state index contributed by atoms with van der Waals surface area (Å²) in [6.45, 7) is 0.578. The Morgan fingerprint density at radius 1 is 1.04 bits per heavy atom. The molecule has 2 N–H and O–H groups in total. The van der Waals surface area contributed by atoms with Crippen LogP contribution in [0.4, 0.5) is 4.39 Å². The number of amides is 2. The summed E-state index contributed by atoms with van der Waals surface area (Å²) >= 11 is 0. The van der Waals surface area contributed by atoms with Gasteiger partial charge in [-0.3, -0.25) is 9.59 Å². The molecular formula is C21H21FN2O2. The molecule has 5 heteroatoms. The van der Waals surface area contributed by atoms with Gasteiger partial charge in [0.15, 0.2) is 0 Å². The third-order valence-corrected chi connectivity index (χ3v) is 5.76. The van der Waals surface area contributed by atoms with Crippen LogP contribution < -0.4 is 5.73 Å². The highest BCUT2D eigenvalue weighted by molar-refractivity contribution is 6.03. The molecule has 0 radical (unpaired) electrons. The van der Waals surface area contributed by atoms with E-state index in [1.807, 2.05) is 12.1 Å². The van der Waals surface area contributed by atoms with Gasteiger partial charge in [0.05, 0.1) is 0 Å². The summed E-state index contributed by atoms with van der Waals surface area (Å²) in [5.74, 6) is -0.391. The third-order valence-electron chi connectivity index (χ3n) is 5.76. The Labute approximate surface area is 151 Å². The van der Waals surface area contributed by atoms with Crippen LogP contribution in [0.3, 0.4) is 0 Å². The molecule has 2 aliphatic rings. The number of hydrogen-bond donors (Lipinski definition) is 1. The number of nitrogens with zero attached hydrogens (tertiary/aromatic N) is 1. The standard InChI is InChI=1S/C21H21FN2O2/c22-15-10-8-13(9-11-15)16-5-1-2-6-18(16)21(26)24-12-14-4-3-7-17(14)19(24)20(23)25/h1-2,5-6,8-11,14,17,19H,3-4,7,12H2,(H2,23,25). The van der Waals surface area contributed by atoms with Crippen LogP contribution in [0.5, 0.6) is 0 Å². The lowest BCUT2D eigenvalue weighted by atomic mass is 9.93. The van der Waals surface area contributed by atoms with E-state index in [9.17, 15) is 14.0 Å². The van der Waals surface area contributed by atoms with Gasteiger partial charge in [0.2, 0.25) is 5.91 Å². The molecule has 0 bridgehead atoms. The summed E-state index contributed by atoms with van der Waals surface area (Å²) in [6, 6.07) is 12.8. The molecule has 4 rings (SSSR count). The summed E-state index contributed by atoms with van der Waals surface area (Å²) in [6.07, 6.45) is 3.08. The maximum Gasteiger partial charge on any atom is 0.255 e. The van der Waals surface area contributed by atoms with Crippen LogP contribution in [0.2, 0.25) is 0 Å². The number of carbonyl (C=O) groups is 2. The van der Waals surface area contributed by atoms with Crippen LogP contribution in [0.1, 0.15) is 29.6 Å². The van der Waals surface area contributed by atoms with Gasteiger partial charge < -0.3 is 10.6 Å². The maximum absolute atomic E-state index is 13.3. The fourth-order valence-corrected chi connectivity index (χ4v) is 4.58. The zero-order valence-corrected chi connectivity index (χ0v) is 14.4. The molecule has 2 aromatic rings. The Hall–Kier alpha value is -2.69. The van der Waals surface area contributed by atoms with Crippen molar-refractivity contribution >= 4 is 11.8 Å². The Morgan fingerprint density at radius 3 is 2.50 bits per heavy atom. The van der Waals surface area contributed by atoms with Crippen LogP contribution in [0, 0.1) is 17.7 Å². The minimum Gasteiger partial charge on any atom is -0.368 e. The third kappa shape index (κ3) is 2.77. The van der Waals surface area contributed by atoms with Crippen molar-refractivity contribution in [2.75, 3.05) is 6.54 Å². The SMILES string of the molecule is NC(=O)C1C2CCCC2CN1C(=O)c1ccccc1-c1ccc(F)cc1. The first kappa shape index (κ1) is 16.8. The molecule has 134 valence electrons. The zero-order valence-electron chi connectivity index (χ0n) is 14.4. The molecule has 4 nitrogen and oxygen atoms in total. The predicted octanol–water partition coefficient (Wildman–Crippen LogP) is 3.22. The summed E-state index contributed by atoms with van der Waals surface area (Å²) in [5.41, 5.74) is 7.67. The lowest BCUT2D eigenvalue weighted by Crippen LogP contribution is -2.46. The molecule has 1 aliphatic heterocycles. The highest BCUT2D eigenvalue weighted by atomic mass is 19.1. The topological polar surface area (TPSA) is 63.4 Å². The molecule has 1 aliphatic carbocycles. The first-order valence-electron chi connectivity index (χ1n) is 9.01. The lowest BCUT2D eigenvalue weighted by molar-refractivity contribution is -0.122. The van der Waals surface area contributed by atoms with Crippen molar-refractivity contribution in [3.8, 4) is 11.1 Å². The average Bonchev–Trinajstić information content (AvgIpc) is 3.22. The smallest absolute Gasteiger partial charge is 0.255 e. The molecule has 0 spiro atoms. The maximum atomic E-state index is 13.3. The fraction of sp³-hybridized carbons (Fsp3) is 0.333. The first-order valence-corrected chi connectivity index (χ1v) is 9.01. The Bertz CT molecular complexity index is 849. The molecule has 2 fully saturated rings. The normalized spacial score (nSPS) is 24.5. The molecule has 1 saturated heterocycles. The van der Waals surface area contributed by atoms with Crippen molar-refractivity contribution in [1.82, 2.24) is 4.90 Å². The van der Waals surface area contributed by atoms with E-state index < -0.39 is 11.9 Å². The van der Waals surface area contributed by atoms with Crippen molar-refractivity contribution < 1.29 is 14.0 Å². The summed E-state index contributed by atoms with van der Waals surface area (Å²) in [5, 5.41) is 0. The van der Waals surface area contributed by atoms with Crippen LogP contribution >= 0.6 is 0 Å². The number of primary amides is 1. The van der Waals surface area contributed by atoms with Gasteiger partial charge in [0.1, 0.15) is 11.9 Å². The average molecular weight is 352 g/mol. The number of nitrogens with two attached hydrogens (primary N) is 1. The number of benzene rings is 2. The molecule has 3 atom stereocenters. The second-order valence-corrected chi connectivity index (χ2v) is 7.21. The molecular weight excluding hydrogens is 331 g/mol. The van der Waals surface area contributed by atoms with Gasteiger partial charge in [-0.05, 0) is 54.0 Å². The quantitative estimate of drug-likeness (QED) is 0.922. The summed E-state index contributed by atoms with van der Waals surface area (Å²) in [4.78, 5) is 27.0. The van der Waals surface area contributed by atoms with E-state index in [0.29, 0.717) is 18.0 Å². The van der Waals surface area contributed by atoms with Crippen molar-refractivity contribution in [1.29, 1.82) is 0 Å². The predicted molar refractivity (Wildman–Crippen MR) is 96.7 cm³/mol. The van der Waals surface area contributed by atoms with Crippen molar-refractivity contribution in [3.63, 3.8) is 0 Å². The van der Waals surface area contributed by atoms with E-state index in [0.717, 1.165) is 30.4 Å². The van der Waals surface area contributed by atoms with Gasteiger partial charge in [0.25, 0.3) is 5.91 Å². The van der Waals surface area contributed by atoms with E-state index >= 15 is 0 Å². The van der Waals surface area contributed by atoms with Gasteiger partial charge in [-0.15, -0.1) is 0 Å². The molecule has 3 unspecified atom stereocenters. The van der Waals surface area contributed by atoms with Gasteiger partial charge in [-0.1, -0.05) is 36.8 Å². The molecule has 26 heavy (non-hydrogen) atoms. The minimum atomic E-state index is -0.531. The molecule has 1 saturated carbocycles. The number of carbonyl (C=O) groups excluding carboxylic acids is 2. The van der Waals surface area contributed by atoms with Gasteiger partial charge in [-0.25, -0.2) is 4.39 Å². The van der Waals surface area contributed by atoms with Crippen molar-refractivity contribution in [3.05, 3.63) is 59.9 Å². The highest BCUT2D eigenvalue weighted by Gasteiger charge is 2.48. The highest BCUT2D eigenvalue weighted by Crippen LogP contribution is 2.43. The van der Waals surface area contributed by atoms with E-state index in [-0.39, 0.29) is 17.6 Å². The van der Waals surface area contributed by atoms with Crippen molar-refractivity contribution in [2.45, 2.75) is 25.3 Å². The second kappa shape index (κ2) is 6.56. The first-order chi connectivity index (χ1) is 12.6. The number of fused-ring (bicyclic) bond motifs is 1. The van der Waals surface area contributed by atoms with Gasteiger partial charge in [0, 0.05) is 12.1 Å². The zero-order chi connectivity index (χ0) is 18.3. The van der Waals surface area contributed by atoms with Crippen LogP contribution in [-0.2, 0) is 4.79 Å². The molecule has 0 aromatic heterocycles. The van der Waals surface area contributed by atoms with Crippen LogP contribution in [0.25, 0.3) is 11.1 Å². The summed E-state index contributed by atoms with van der Waals surface area (Å²) in [7, 11) is 0. The molecule has 2 amide bonds. The second-order valence-electron chi connectivity index (χ2n) is 7.21. The monoisotopic (exact) mass is 352 g/mol. The van der Waals surface area contributed by atoms with E-state index in [1.165, 1.54) is 12.1 Å². The Morgan fingerprint density at radius 2 is 1.77 bits per heavy atom. The summed E-state index contributed by atoms with van der Waals surface area (Å²) < 4.78 is 13.3. The van der Waals surface area contributed by atoms with E-state index in [2.05, 4.69) is 0 Å². The van der Waals surface area contributed by atoms with Gasteiger partial charge in [-0.2, -0.15) is 0 Å². The number of rotatable bonds is 3. The molecule has 1 heterocycles. The van der Waals surface area contributed by atoms with Crippen LogP contribution in [-0.4, -0.2) is 29.3 Å². The fourth-order valence-electron chi connectivity index (χ4n) is 4.58. The van der Waals surface area contributed by atoms with E-state index in [1.54, 1.807) is 29.2 Å².